The summed E-state index contributed by atoms with van der Waals surface area (Å²) in [5.41, 5.74) is 12.7. The average molecular weight is 290 g/mol. The molecular weight excluding hydrogens is 268 g/mol. The van der Waals surface area contributed by atoms with Crippen LogP contribution in [0.2, 0.25) is 0 Å². The Hall–Kier alpha value is -1.92. The number of benzene rings is 1. The largest absolute Gasteiger partial charge is 0.368 e. The van der Waals surface area contributed by atoms with Crippen LogP contribution in [0.15, 0.2) is 24.3 Å². The maximum absolute atomic E-state index is 12.3. The second-order valence-corrected chi connectivity index (χ2v) is 5.36. The van der Waals surface area contributed by atoms with E-state index in [1.165, 1.54) is 0 Å². The second-order valence-electron chi connectivity index (χ2n) is 5.36. The van der Waals surface area contributed by atoms with Crippen molar-refractivity contribution >= 4 is 17.5 Å². The Balaban J connectivity index is 2.00. The lowest BCUT2D eigenvalue weighted by Crippen LogP contribution is -2.49. The standard InChI is InChI=1S/C15H22N4O2/c1-10(19-8-2-3-13(19)14(17)20)15(21)18-12-6-4-11(9-16)5-7-12/h4-7,10,13H,2-3,8-9,16H2,1H3,(H2,17,20)(H,18,21). The van der Waals surface area contributed by atoms with Gasteiger partial charge in [-0.05, 0) is 44.0 Å². The highest BCUT2D eigenvalue weighted by Crippen LogP contribution is 2.20. The highest BCUT2D eigenvalue weighted by atomic mass is 16.2. The minimum Gasteiger partial charge on any atom is -0.368 e. The van der Waals surface area contributed by atoms with Crippen molar-refractivity contribution < 1.29 is 9.59 Å². The number of carbonyl (C=O) groups is 2. The van der Waals surface area contributed by atoms with Crippen molar-refractivity contribution in [1.29, 1.82) is 0 Å². The number of hydrogen-bond acceptors (Lipinski definition) is 4. The Labute approximate surface area is 124 Å². The van der Waals surface area contributed by atoms with Crippen molar-refractivity contribution in [2.75, 3.05) is 11.9 Å². The molecule has 0 radical (unpaired) electrons. The molecule has 6 heteroatoms. The Morgan fingerprint density at radius 1 is 1.38 bits per heavy atom. The van der Waals surface area contributed by atoms with Gasteiger partial charge < -0.3 is 16.8 Å². The SMILES string of the molecule is CC(C(=O)Nc1ccc(CN)cc1)N1CCCC1C(N)=O. The summed E-state index contributed by atoms with van der Waals surface area (Å²) in [5.74, 6) is -0.497. The molecule has 2 atom stereocenters. The number of nitrogens with two attached hydrogens (primary N) is 2. The van der Waals surface area contributed by atoms with Gasteiger partial charge in [-0.25, -0.2) is 0 Å². The lowest BCUT2D eigenvalue weighted by atomic mass is 10.1. The van der Waals surface area contributed by atoms with Crippen molar-refractivity contribution in [2.24, 2.45) is 11.5 Å². The number of primary amides is 1. The van der Waals surface area contributed by atoms with Crippen molar-refractivity contribution in [3.8, 4) is 0 Å². The Morgan fingerprint density at radius 2 is 2.05 bits per heavy atom. The molecule has 0 aromatic heterocycles. The molecule has 2 unspecified atom stereocenters. The summed E-state index contributed by atoms with van der Waals surface area (Å²) in [5, 5.41) is 2.86. The average Bonchev–Trinajstić information content (AvgIpc) is 2.96. The summed E-state index contributed by atoms with van der Waals surface area (Å²) in [4.78, 5) is 25.6. The Bertz CT molecular complexity index is 515. The molecule has 1 aliphatic rings. The molecule has 1 heterocycles. The van der Waals surface area contributed by atoms with Crippen LogP contribution >= 0.6 is 0 Å². The predicted octanol–water partition coefficient (Wildman–Crippen LogP) is 0.422. The van der Waals surface area contributed by atoms with Gasteiger partial charge in [0, 0.05) is 12.2 Å². The summed E-state index contributed by atoms with van der Waals surface area (Å²) >= 11 is 0. The molecule has 1 aliphatic heterocycles. The number of anilines is 1. The monoisotopic (exact) mass is 290 g/mol. The van der Waals surface area contributed by atoms with Gasteiger partial charge in [0.05, 0.1) is 12.1 Å². The smallest absolute Gasteiger partial charge is 0.241 e. The zero-order valence-electron chi connectivity index (χ0n) is 12.2. The third-order valence-corrected chi connectivity index (χ3v) is 3.96. The fraction of sp³-hybridized carbons (Fsp3) is 0.467. The van der Waals surface area contributed by atoms with Gasteiger partial charge in [-0.3, -0.25) is 14.5 Å². The van der Waals surface area contributed by atoms with Gasteiger partial charge in [-0.15, -0.1) is 0 Å². The zero-order chi connectivity index (χ0) is 15.4. The fourth-order valence-electron chi connectivity index (χ4n) is 2.68. The molecule has 0 aliphatic carbocycles. The van der Waals surface area contributed by atoms with Crippen LogP contribution in [0.25, 0.3) is 0 Å². The van der Waals surface area contributed by atoms with Crippen LogP contribution in [-0.4, -0.2) is 35.3 Å². The summed E-state index contributed by atoms with van der Waals surface area (Å²) < 4.78 is 0. The van der Waals surface area contributed by atoms with Gasteiger partial charge in [-0.1, -0.05) is 12.1 Å². The third kappa shape index (κ3) is 3.59. The van der Waals surface area contributed by atoms with E-state index in [1.54, 1.807) is 6.92 Å². The lowest BCUT2D eigenvalue weighted by molar-refractivity contribution is -0.126. The lowest BCUT2D eigenvalue weighted by Gasteiger charge is -2.27. The minimum absolute atomic E-state index is 0.136. The van der Waals surface area contributed by atoms with Crippen molar-refractivity contribution in [3.63, 3.8) is 0 Å². The van der Waals surface area contributed by atoms with Crippen LogP contribution in [0.3, 0.4) is 0 Å². The van der Waals surface area contributed by atoms with Gasteiger partial charge >= 0.3 is 0 Å². The number of carbonyl (C=O) groups excluding carboxylic acids is 2. The van der Waals surface area contributed by atoms with Crippen LogP contribution in [0.5, 0.6) is 0 Å². The molecule has 2 rings (SSSR count). The molecule has 0 saturated carbocycles. The van der Waals surface area contributed by atoms with Crippen LogP contribution in [-0.2, 0) is 16.1 Å². The first-order valence-electron chi connectivity index (χ1n) is 7.18. The normalized spacial score (nSPS) is 20.2. The Kier molecular flexibility index (Phi) is 4.93. The zero-order valence-corrected chi connectivity index (χ0v) is 12.2. The van der Waals surface area contributed by atoms with E-state index in [4.69, 9.17) is 11.5 Å². The van der Waals surface area contributed by atoms with Crippen molar-refractivity contribution in [2.45, 2.75) is 38.4 Å². The van der Waals surface area contributed by atoms with E-state index in [2.05, 4.69) is 5.32 Å². The van der Waals surface area contributed by atoms with Crippen LogP contribution < -0.4 is 16.8 Å². The molecule has 1 saturated heterocycles. The maximum atomic E-state index is 12.3. The molecule has 114 valence electrons. The van der Waals surface area contributed by atoms with E-state index in [0.29, 0.717) is 13.1 Å². The molecule has 0 spiro atoms. The summed E-state index contributed by atoms with van der Waals surface area (Å²) in [6.45, 7) is 2.98. The fourth-order valence-corrected chi connectivity index (χ4v) is 2.68. The van der Waals surface area contributed by atoms with E-state index in [0.717, 1.165) is 24.1 Å². The van der Waals surface area contributed by atoms with E-state index >= 15 is 0 Å². The van der Waals surface area contributed by atoms with Crippen molar-refractivity contribution in [1.82, 2.24) is 4.90 Å². The molecular formula is C15H22N4O2. The topological polar surface area (TPSA) is 101 Å². The molecule has 1 fully saturated rings. The van der Waals surface area contributed by atoms with E-state index in [9.17, 15) is 9.59 Å². The number of rotatable bonds is 5. The quantitative estimate of drug-likeness (QED) is 0.731. The van der Waals surface area contributed by atoms with Gasteiger partial charge in [0.2, 0.25) is 11.8 Å². The highest BCUT2D eigenvalue weighted by Gasteiger charge is 2.35. The third-order valence-electron chi connectivity index (χ3n) is 3.96. The number of likely N-dealkylation sites (tertiary alicyclic amines) is 1. The molecule has 2 amide bonds. The van der Waals surface area contributed by atoms with Gasteiger partial charge in [0.25, 0.3) is 0 Å². The number of amides is 2. The Morgan fingerprint density at radius 3 is 2.62 bits per heavy atom. The van der Waals surface area contributed by atoms with Gasteiger partial charge in [0.1, 0.15) is 0 Å². The van der Waals surface area contributed by atoms with Gasteiger partial charge in [0.15, 0.2) is 0 Å². The first-order chi connectivity index (χ1) is 10.0. The second kappa shape index (κ2) is 6.69. The predicted molar refractivity (Wildman–Crippen MR) is 81.3 cm³/mol. The summed E-state index contributed by atoms with van der Waals surface area (Å²) in [6, 6.07) is 6.67. The van der Waals surface area contributed by atoms with E-state index in [1.807, 2.05) is 29.2 Å². The van der Waals surface area contributed by atoms with Gasteiger partial charge in [-0.2, -0.15) is 0 Å². The van der Waals surface area contributed by atoms with Crippen LogP contribution in [0, 0.1) is 0 Å². The van der Waals surface area contributed by atoms with Crippen LogP contribution in [0.1, 0.15) is 25.3 Å². The molecule has 21 heavy (non-hydrogen) atoms. The van der Waals surface area contributed by atoms with Crippen molar-refractivity contribution in [3.05, 3.63) is 29.8 Å². The molecule has 6 nitrogen and oxygen atoms in total. The number of nitrogens with zero attached hydrogens (tertiary/aromatic N) is 1. The first-order valence-corrected chi connectivity index (χ1v) is 7.18. The minimum atomic E-state index is -0.390. The molecule has 5 N–H and O–H groups in total. The summed E-state index contributed by atoms with van der Waals surface area (Å²) in [6.07, 6.45) is 1.61. The number of hydrogen-bond donors (Lipinski definition) is 3. The molecule has 1 aromatic carbocycles. The molecule has 1 aromatic rings. The van der Waals surface area contributed by atoms with E-state index in [-0.39, 0.29) is 23.9 Å². The summed E-state index contributed by atoms with van der Waals surface area (Å²) in [7, 11) is 0. The molecule has 0 bridgehead atoms. The first kappa shape index (κ1) is 15.5. The highest BCUT2D eigenvalue weighted by molar-refractivity contribution is 5.95. The maximum Gasteiger partial charge on any atom is 0.241 e. The van der Waals surface area contributed by atoms with E-state index < -0.39 is 0 Å². The number of nitrogens with one attached hydrogen (secondary N) is 1. The van der Waals surface area contributed by atoms with Crippen LogP contribution in [0.4, 0.5) is 5.69 Å².